The zero-order valence-electron chi connectivity index (χ0n) is 26.4. The van der Waals surface area contributed by atoms with Gasteiger partial charge >= 0.3 is 18.3 Å². The topological polar surface area (TPSA) is 132 Å². The maximum atomic E-state index is 15.3. The average Bonchev–Trinajstić information content (AvgIpc) is 3.31. The SMILES string of the molecule is CC(C)(C)OC(=O)N[C@@H]1c2cccnc2[C@H](OC(=O)N2CCCC3(CC2)OC(=O)Nc2ncccc23)CC[C@H]1c1cccc(F)c1F. The number of aromatic nitrogens is 2. The first-order chi connectivity index (χ1) is 22.4. The zero-order chi connectivity index (χ0) is 33.3. The highest BCUT2D eigenvalue weighted by Crippen LogP contribution is 2.46. The summed E-state index contributed by atoms with van der Waals surface area (Å²) in [5.74, 6) is -2.30. The van der Waals surface area contributed by atoms with Crippen LogP contribution in [0.3, 0.4) is 0 Å². The fourth-order valence-corrected chi connectivity index (χ4v) is 6.77. The van der Waals surface area contributed by atoms with Crippen molar-refractivity contribution in [3.63, 3.8) is 0 Å². The molecule has 13 heteroatoms. The van der Waals surface area contributed by atoms with Gasteiger partial charge in [-0.25, -0.2) is 28.1 Å². The van der Waals surface area contributed by atoms with Crippen molar-refractivity contribution in [1.82, 2.24) is 20.2 Å². The molecule has 1 aromatic carbocycles. The second-order valence-corrected chi connectivity index (χ2v) is 13.1. The van der Waals surface area contributed by atoms with E-state index in [9.17, 15) is 18.8 Å². The summed E-state index contributed by atoms with van der Waals surface area (Å²) in [6.07, 6.45) is 2.23. The number of benzene rings is 1. The summed E-state index contributed by atoms with van der Waals surface area (Å²) in [6, 6.07) is 10.1. The quantitative estimate of drug-likeness (QED) is 0.229. The number of nitrogens with one attached hydrogen (secondary N) is 2. The van der Waals surface area contributed by atoms with Crippen LogP contribution in [0.5, 0.6) is 0 Å². The number of carbonyl (C=O) groups is 3. The van der Waals surface area contributed by atoms with E-state index in [1.807, 2.05) is 6.07 Å². The molecule has 3 aliphatic rings. The molecule has 0 bridgehead atoms. The predicted octanol–water partition coefficient (Wildman–Crippen LogP) is 7.02. The maximum Gasteiger partial charge on any atom is 0.413 e. The van der Waals surface area contributed by atoms with Crippen molar-refractivity contribution in [3.8, 4) is 0 Å². The Morgan fingerprint density at radius 2 is 1.79 bits per heavy atom. The Bertz CT molecular complexity index is 1680. The molecule has 2 aromatic heterocycles. The molecule has 2 N–H and O–H groups in total. The lowest BCUT2D eigenvalue weighted by Crippen LogP contribution is -2.41. The number of pyridine rings is 2. The van der Waals surface area contributed by atoms with Gasteiger partial charge in [0.15, 0.2) is 11.6 Å². The van der Waals surface area contributed by atoms with Crippen LogP contribution in [0.1, 0.15) is 93.3 Å². The molecule has 2 aliphatic heterocycles. The Hall–Kier alpha value is -4.81. The van der Waals surface area contributed by atoms with Gasteiger partial charge in [0, 0.05) is 48.9 Å². The van der Waals surface area contributed by atoms with E-state index in [1.165, 1.54) is 12.1 Å². The molecule has 1 saturated heterocycles. The van der Waals surface area contributed by atoms with Gasteiger partial charge in [-0.3, -0.25) is 10.3 Å². The number of hydrogen-bond acceptors (Lipinski definition) is 8. The average molecular weight is 650 g/mol. The van der Waals surface area contributed by atoms with E-state index in [4.69, 9.17) is 14.2 Å². The number of nitrogens with zero attached hydrogens (tertiary/aromatic N) is 3. The number of fused-ring (bicyclic) bond motifs is 3. The summed E-state index contributed by atoms with van der Waals surface area (Å²) in [6.45, 7) is 5.79. The van der Waals surface area contributed by atoms with Crippen LogP contribution in [0.4, 0.5) is 29.0 Å². The number of alkyl carbamates (subject to hydrolysis) is 1. The van der Waals surface area contributed by atoms with Gasteiger partial charge in [0.25, 0.3) is 0 Å². The van der Waals surface area contributed by atoms with Crippen molar-refractivity contribution in [2.75, 3.05) is 18.4 Å². The van der Waals surface area contributed by atoms with Crippen molar-refractivity contribution in [2.45, 2.75) is 82.1 Å². The van der Waals surface area contributed by atoms with Crippen molar-refractivity contribution in [1.29, 1.82) is 0 Å². The van der Waals surface area contributed by atoms with E-state index in [1.54, 1.807) is 56.3 Å². The van der Waals surface area contributed by atoms with Crippen LogP contribution in [0.15, 0.2) is 54.9 Å². The fourth-order valence-electron chi connectivity index (χ4n) is 6.77. The van der Waals surface area contributed by atoms with Gasteiger partial charge in [-0.15, -0.1) is 0 Å². The Balaban J connectivity index is 1.26. The van der Waals surface area contributed by atoms with Crippen molar-refractivity contribution in [3.05, 3.63) is 88.9 Å². The second-order valence-electron chi connectivity index (χ2n) is 13.1. The smallest absolute Gasteiger partial charge is 0.413 e. The molecule has 6 rings (SSSR count). The molecule has 3 aromatic rings. The second kappa shape index (κ2) is 12.8. The lowest BCUT2D eigenvalue weighted by Gasteiger charge is -2.37. The van der Waals surface area contributed by atoms with Crippen molar-refractivity contribution >= 4 is 24.1 Å². The summed E-state index contributed by atoms with van der Waals surface area (Å²) in [5, 5.41) is 5.50. The number of likely N-dealkylation sites (tertiary alicyclic amines) is 1. The van der Waals surface area contributed by atoms with Gasteiger partial charge in [0.1, 0.15) is 23.1 Å². The van der Waals surface area contributed by atoms with E-state index in [0.29, 0.717) is 42.9 Å². The van der Waals surface area contributed by atoms with Crippen molar-refractivity contribution < 1.29 is 37.4 Å². The van der Waals surface area contributed by atoms with Gasteiger partial charge in [-0.05, 0) is 76.3 Å². The number of ether oxygens (including phenoxy) is 3. The summed E-state index contributed by atoms with van der Waals surface area (Å²) in [4.78, 5) is 49.6. The van der Waals surface area contributed by atoms with Gasteiger partial charge in [0.05, 0.1) is 11.7 Å². The number of halogens is 2. The van der Waals surface area contributed by atoms with E-state index in [0.717, 1.165) is 11.6 Å². The Labute approximate surface area is 271 Å². The van der Waals surface area contributed by atoms with Crippen LogP contribution in [0.2, 0.25) is 0 Å². The zero-order valence-corrected chi connectivity index (χ0v) is 26.4. The number of anilines is 1. The summed E-state index contributed by atoms with van der Waals surface area (Å²) in [7, 11) is 0. The molecule has 0 radical (unpaired) electrons. The minimum Gasteiger partial charge on any atom is -0.444 e. The molecule has 3 amide bonds. The molecule has 4 heterocycles. The van der Waals surface area contributed by atoms with Crippen molar-refractivity contribution in [2.24, 2.45) is 0 Å². The number of carbonyl (C=O) groups excluding carboxylic acids is 3. The third kappa shape index (κ3) is 6.70. The first-order valence-electron chi connectivity index (χ1n) is 15.7. The minimum atomic E-state index is -1.01. The highest BCUT2D eigenvalue weighted by molar-refractivity contribution is 5.87. The fraction of sp³-hybridized carbons (Fsp3) is 0.441. The summed E-state index contributed by atoms with van der Waals surface area (Å²) < 4.78 is 47.2. The molecule has 0 saturated carbocycles. The van der Waals surface area contributed by atoms with Crippen LogP contribution in [-0.4, -0.2) is 51.8 Å². The monoisotopic (exact) mass is 649 g/mol. The van der Waals surface area contributed by atoms with E-state index >= 15 is 4.39 Å². The molecule has 1 unspecified atom stereocenters. The maximum absolute atomic E-state index is 15.3. The van der Waals surface area contributed by atoms with Gasteiger partial charge in [0.2, 0.25) is 0 Å². The Kier molecular flexibility index (Phi) is 8.73. The lowest BCUT2D eigenvalue weighted by atomic mass is 9.85. The van der Waals surface area contributed by atoms with Gasteiger partial charge < -0.3 is 24.4 Å². The number of hydrogen-bond donors (Lipinski definition) is 2. The molecular formula is C34H37F2N5O6. The molecule has 1 aliphatic carbocycles. The normalized spacial score (nSPS) is 24.1. The highest BCUT2D eigenvalue weighted by Gasteiger charge is 2.45. The molecule has 1 fully saturated rings. The van der Waals surface area contributed by atoms with Gasteiger partial charge in [-0.2, -0.15) is 0 Å². The molecular weight excluding hydrogens is 612 g/mol. The first-order valence-corrected chi connectivity index (χ1v) is 15.7. The standard InChI is InChI=1S/C34H37F2N5O6/c1-33(2,3)46-30(42)39-27-21(20-8-4-11-24(35)26(20)36)12-13-25(28-22(27)9-5-16-37-28)45-32(44)41-18-7-14-34(15-19-41)23-10-6-17-38-29(23)40-31(43)47-34/h4-6,8-11,16-17,21,25,27H,7,12-15,18-19H2,1-3H3,(H,39,42)(H,38,40,43)/t21-,25+,27-,34?/m0/s1. The third-order valence-electron chi connectivity index (χ3n) is 8.81. The van der Waals surface area contributed by atoms with E-state index < -0.39 is 59.2 Å². The molecule has 47 heavy (non-hydrogen) atoms. The van der Waals surface area contributed by atoms with E-state index in [-0.39, 0.29) is 24.9 Å². The summed E-state index contributed by atoms with van der Waals surface area (Å²) >= 11 is 0. The molecule has 4 atom stereocenters. The van der Waals surface area contributed by atoms with Gasteiger partial charge in [-0.1, -0.05) is 18.2 Å². The summed E-state index contributed by atoms with van der Waals surface area (Å²) in [5.41, 5.74) is 0.0110. The Morgan fingerprint density at radius 3 is 2.60 bits per heavy atom. The minimum absolute atomic E-state index is 0.0805. The van der Waals surface area contributed by atoms with Crippen LogP contribution < -0.4 is 10.6 Å². The lowest BCUT2D eigenvalue weighted by molar-refractivity contribution is -0.00175. The largest absolute Gasteiger partial charge is 0.444 e. The van der Waals surface area contributed by atoms with Crippen LogP contribution in [0.25, 0.3) is 0 Å². The van der Waals surface area contributed by atoms with Crippen LogP contribution in [0, 0.1) is 11.6 Å². The van der Waals surface area contributed by atoms with Crippen LogP contribution in [-0.2, 0) is 19.8 Å². The highest BCUT2D eigenvalue weighted by atomic mass is 19.2. The third-order valence-corrected chi connectivity index (χ3v) is 8.81. The molecule has 11 nitrogen and oxygen atoms in total. The number of rotatable bonds is 3. The first kappa shape index (κ1) is 32.1. The molecule has 248 valence electrons. The predicted molar refractivity (Wildman–Crippen MR) is 165 cm³/mol. The van der Waals surface area contributed by atoms with Crippen LogP contribution >= 0.6 is 0 Å². The Morgan fingerprint density at radius 1 is 1.02 bits per heavy atom. The number of amides is 3. The van der Waals surface area contributed by atoms with E-state index in [2.05, 4.69) is 20.6 Å². The molecule has 1 spiro atoms.